The second-order valence-electron chi connectivity index (χ2n) is 7.39. The number of methoxy groups -OCH3 is 1. The van der Waals surface area contributed by atoms with Gasteiger partial charge in [-0.2, -0.15) is 18.3 Å². The molecule has 6 nitrogen and oxygen atoms in total. The fraction of sp³-hybridized carbons (Fsp3) is 0.550. The van der Waals surface area contributed by atoms with Gasteiger partial charge in [-0.15, -0.1) is 11.3 Å². The third-order valence-electron chi connectivity index (χ3n) is 5.14. The van der Waals surface area contributed by atoms with E-state index in [9.17, 15) is 18.0 Å². The Labute approximate surface area is 188 Å². The number of thiocarbonyl (C=S) groups is 1. The first-order valence-electron chi connectivity index (χ1n) is 10.1. The number of hydrogen-bond acceptors (Lipinski definition) is 5. The summed E-state index contributed by atoms with van der Waals surface area (Å²) in [5, 5.41) is 10.8. The summed E-state index contributed by atoms with van der Waals surface area (Å²) in [6, 6.07) is 1.04. The van der Waals surface area contributed by atoms with Crippen molar-refractivity contribution >= 4 is 39.6 Å². The lowest BCUT2D eigenvalue weighted by Crippen LogP contribution is -2.30. The van der Waals surface area contributed by atoms with Crippen molar-refractivity contribution < 1.29 is 22.7 Å². The number of fused-ring (bicyclic) bond motifs is 1. The van der Waals surface area contributed by atoms with Gasteiger partial charge < -0.3 is 15.4 Å². The minimum absolute atomic E-state index is 0.332. The maximum absolute atomic E-state index is 12.8. The van der Waals surface area contributed by atoms with Gasteiger partial charge in [0.1, 0.15) is 5.00 Å². The number of aromatic nitrogens is 2. The summed E-state index contributed by atoms with van der Waals surface area (Å²) in [6.07, 6.45) is 1.15. The highest BCUT2D eigenvalue weighted by Gasteiger charge is 2.34. The van der Waals surface area contributed by atoms with Crippen molar-refractivity contribution in [2.75, 3.05) is 19.0 Å². The smallest absolute Gasteiger partial charge is 0.435 e. The first-order valence-corrected chi connectivity index (χ1v) is 11.3. The monoisotopic (exact) mass is 474 g/mol. The number of rotatable bonds is 6. The molecule has 0 saturated heterocycles. The number of anilines is 1. The molecule has 0 saturated carbocycles. The minimum Gasteiger partial charge on any atom is -0.465 e. The summed E-state index contributed by atoms with van der Waals surface area (Å²) >= 11 is 6.89. The lowest BCUT2D eigenvalue weighted by atomic mass is 10.1. The molecule has 31 heavy (non-hydrogen) atoms. The molecule has 0 bridgehead atoms. The van der Waals surface area contributed by atoms with Crippen molar-refractivity contribution in [3.8, 4) is 0 Å². The Morgan fingerprint density at radius 1 is 1.32 bits per heavy atom. The zero-order valence-electron chi connectivity index (χ0n) is 17.4. The molecule has 0 amide bonds. The molecular formula is C20H25F3N4O2S2. The van der Waals surface area contributed by atoms with Gasteiger partial charge in [-0.1, -0.05) is 6.42 Å². The first kappa shape index (κ1) is 23.5. The Morgan fingerprint density at radius 2 is 2.06 bits per heavy atom. The van der Waals surface area contributed by atoms with E-state index in [1.165, 1.54) is 28.0 Å². The molecule has 11 heteroatoms. The van der Waals surface area contributed by atoms with E-state index in [-0.39, 0.29) is 5.97 Å². The van der Waals surface area contributed by atoms with Gasteiger partial charge in [-0.3, -0.25) is 4.68 Å². The summed E-state index contributed by atoms with van der Waals surface area (Å²) in [5.74, 6) is -0.376. The lowest BCUT2D eigenvalue weighted by Gasteiger charge is -2.11. The molecule has 2 aromatic heterocycles. The molecule has 0 aromatic carbocycles. The zero-order chi connectivity index (χ0) is 22.6. The van der Waals surface area contributed by atoms with Gasteiger partial charge >= 0.3 is 12.1 Å². The first-order chi connectivity index (χ1) is 14.7. The van der Waals surface area contributed by atoms with Crippen LogP contribution in [0.4, 0.5) is 18.2 Å². The van der Waals surface area contributed by atoms with Crippen molar-refractivity contribution in [3.05, 3.63) is 33.5 Å². The van der Waals surface area contributed by atoms with Gasteiger partial charge in [0.15, 0.2) is 10.8 Å². The molecule has 1 aliphatic carbocycles. The summed E-state index contributed by atoms with van der Waals surface area (Å²) < 4.78 is 44.6. The van der Waals surface area contributed by atoms with E-state index in [0.29, 0.717) is 40.9 Å². The Balaban J connectivity index is 1.57. The normalized spacial score (nSPS) is 14.0. The second-order valence-corrected chi connectivity index (χ2v) is 8.90. The standard InChI is InChI=1S/C20H25F3N4O2S2/c1-12-11-15(20(21,22)23)26-27(12)10-6-9-24-19(30)25-17-16(18(28)29-2)13-7-4-3-5-8-14(13)31-17/h11H,3-10H2,1-2H3,(H2,24,25,30). The van der Waals surface area contributed by atoms with E-state index < -0.39 is 11.9 Å². The molecule has 3 rings (SSSR count). The van der Waals surface area contributed by atoms with Crippen LogP contribution in [0.25, 0.3) is 0 Å². The number of nitrogens with zero attached hydrogens (tertiary/aromatic N) is 2. The molecule has 0 unspecified atom stereocenters. The number of carbonyl (C=O) groups is 1. The molecule has 2 aromatic rings. The van der Waals surface area contributed by atoms with Crippen LogP contribution >= 0.6 is 23.6 Å². The number of hydrogen-bond donors (Lipinski definition) is 2. The van der Waals surface area contributed by atoms with Gasteiger partial charge in [0, 0.05) is 23.7 Å². The Morgan fingerprint density at radius 3 is 2.74 bits per heavy atom. The topological polar surface area (TPSA) is 68.2 Å². The van der Waals surface area contributed by atoms with Crippen molar-refractivity contribution in [3.63, 3.8) is 0 Å². The van der Waals surface area contributed by atoms with Crippen molar-refractivity contribution in [2.45, 2.75) is 58.2 Å². The third-order valence-corrected chi connectivity index (χ3v) is 6.60. The van der Waals surface area contributed by atoms with Crippen LogP contribution in [0.1, 0.15) is 57.9 Å². The SMILES string of the molecule is COC(=O)c1c(NC(=S)NCCCn2nc(C(F)(F)F)cc2C)sc2c1CCCCC2. The van der Waals surface area contributed by atoms with Gasteiger partial charge in [0.25, 0.3) is 0 Å². The number of esters is 1. The van der Waals surface area contributed by atoms with Gasteiger partial charge in [0.2, 0.25) is 0 Å². The largest absolute Gasteiger partial charge is 0.465 e. The van der Waals surface area contributed by atoms with Crippen LogP contribution in [0.3, 0.4) is 0 Å². The fourth-order valence-electron chi connectivity index (χ4n) is 3.60. The average molecular weight is 475 g/mol. The van der Waals surface area contributed by atoms with Crippen molar-refractivity contribution in [2.24, 2.45) is 0 Å². The van der Waals surface area contributed by atoms with E-state index in [2.05, 4.69) is 15.7 Å². The number of ether oxygens (including phenoxy) is 1. The molecule has 0 spiro atoms. The van der Waals surface area contributed by atoms with Gasteiger partial charge in [-0.05, 0) is 62.9 Å². The quantitative estimate of drug-likeness (QED) is 0.274. The van der Waals surface area contributed by atoms with E-state index in [1.807, 2.05) is 0 Å². The summed E-state index contributed by atoms with van der Waals surface area (Å²) in [7, 11) is 1.37. The Kier molecular flexibility index (Phi) is 7.58. The molecular weight excluding hydrogens is 449 g/mol. The number of thiophene rings is 1. The predicted molar refractivity (Wildman–Crippen MR) is 118 cm³/mol. The Bertz CT molecular complexity index is 953. The molecule has 2 heterocycles. The highest BCUT2D eigenvalue weighted by atomic mass is 32.1. The maximum atomic E-state index is 12.8. The van der Waals surface area contributed by atoms with Crippen LogP contribution in [0.5, 0.6) is 0 Å². The maximum Gasteiger partial charge on any atom is 0.435 e. The molecule has 0 atom stereocenters. The summed E-state index contributed by atoms with van der Waals surface area (Å²) in [6.45, 7) is 2.38. The number of alkyl halides is 3. The summed E-state index contributed by atoms with van der Waals surface area (Å²) in [5.41, 5.74) is 1.17. The Hall–Kier alpha value is -2.14. The second kappa shape index (κ2) is 9.99. The van der Waals surface area contributed by atoms with Crippen LogP contribution < -0.4 is 10.6 Å². The zero-order valence-corrected chi connectivity index (χ0v) is 19.0. The highest BCUT2D eigenvalue weighted by Crippen LogP contribution is 2.38. The van der Waals surface area contributed by atoms with Crippen molar-refractivity contribution in [1.82, 2.24) is 15.1 Å². The molecule has 170 valence electrons. The molecule has 0 fully saturated rings. The third kappa shape index (κ3) is 5.76. The molecule has 2 N–H and O–H groups in total. The molecule has 1 aliphatic rings. The number of nitrogens with one attached hydrogen (secondary N) is 2. The number of aryl methyl sites for hydroxylation is 3. The van der Waals surface area contributed by atoms with E-state index in [0.717, 1.165) is 43.7 Å². The number of carbonyl (C=O) groups excluding carboxylic acids is 1. The van der Waals surface area contributed by atoms with Crippen LogP contribution in [-0.4, -0.2) is 34.5 Å². The lowest BCUT2D eigenvalue weighted by molar-refractivity contribution is -0.141. The van der Waals surface area contributed by atoms with E-state index >= 15 is 0 Å². The average Bonchev–Trinajstić information content (AvgIpc) is 3.16. The van der Waals surface area contributed by atoms with Crippen LogP contribution in [0.15, 0.2) is 6.07 Å². The van der Waals surface area contributed by atoms with E-state index in [4.69, 9.17) is 17.0 Å². The van der Waals surface area contributed by atoms with Gasteiger partial charge in [0.05, 0.1) is 12.7 Å². The minimum atomic E-state index is -4.45. The number of halogens is 3. The highest BCUT2D eigenvalue weighted by molar-refractivity contribution is 7.80. The van der Waals surface area contributed by atoms with Crippen molar-refractivity contribution in [1.29, 1.82) is 0 Å². The molecule has 0 aliphatic heterocycles. The van der Waals surface area contributed by atoms with E-state index in [1.54, 1.807) is 6.92 Å². The fourth-order valence-corrected chi connectivity index (χ4v) is 5.15. The summed E-state index contributed by atoms with van der Waals surface area (Å²) in [4.78, 5) is 13.6. The predicted octanol–water partition coefficient (Wildman–Crippen LogP) is 4.70. The van der Waals surface area contributed by atoms with Crippen LogP contribution in [0.2, 0.25) is 0 Å². The molecule has 0 radical (unpaired) electrons. The van der Waals surface area contributed by atoms with Crippen LogP contribution in [-0.2, 0) is 30.3 Å². The van der Waals surface area contributed by atoms with Gasteiger partial charge in [-0.25, -0.2) is 4.79 Å². The van der Waals surface area contributed by atoms with Crippen LogP contribution in [0, 0.1) is 6.92 Å².